The first-order chi connectivity index (χ1) is 12.4. The van der Waals surface area contributed by atoms with Gasteiger partial charge in [0.05, 0.1) is 5.56 Å². The highest BCUT2D eigenvalue weighted by atomic mass is 19.4. The van der Waals surface area contributed by atoms with Crippen molar-refractivity contribution in [3.63, 3.8) is 0 Å². The van der Waals surface area contributed by atoms with Gasteiger partial charge in [-0.05, 0) is 17.2 Å². The first-order valence-electron chi connectivity index (χ1n) is 8.64. The minimum atomic E-state index is -4.53. The maximum absolute atomic E-state index is 13.1. The predicted octanol–water partition coefficient (Wildman–Crippen LogP) is 3.54. The molecule has 138 valence electrons. The van der Waals surface area contributed by atoms with E-state index in [2.05, 4.69) is 10.2 Å². The van der Waals surface area contributed by atoms with Crippen LogP contribution in [0.2, 0.25) is 0 Å². The Morgan fingerprint density at radius 2 is 1.58 bits per heavy atom. The van der Waals surface area contributed by atoms with Crippen molar-refractivity contribution >= 4 is 5.78 Å². The van der Waals surface area contributed by atoms with E-state index in [1.807, 2.05) is 24.3 Å². The van der Waals surface area contributed by atoms with Crippen molar-refractivity contribution in [1.29, 1.82) is 0 Å². The molecule has 1 fully saturated rings. The lowest BCUT2D eigenvalue weighted by molar-refractivity contribution is -0.137. The minimum absolute atomic E-state index is 0.0407. The average Bonchev–Trinajstić information content (AvgIpc) is 2.63. The maximum Gasteiger partial charge on any atom is 0.417 e. The number of rotatable bonds is 5. The number of benzene rings is 2. The Hall–Kier alpha value is -2.18. The molecular weight excluding hydrogens is 341 g/mol. The SMILES string of the molecule is O=C(Cc1ccc(CN2CCNCC2)cc1)c1ccccc1C(F)(F)F. The molecule has 1 heterocycles. The van der Waals surface area contributed by atoms with Gasteiger partial charge in [-0.3, -0.25) is 9.69 Å². The molecule has 0 amide bonds. The standard InChI is InChI=1S/C20H21F3N2O/c21-20(22,23)18-4-2-1-3-17(18)19(26)13-15-5-7-16(8-6-15)14-25-11-9-24-10-12-25/h1-8,24H,9-14H2. The molecular formula is C20H21F3N2O. The number of hydrogen-bond acceptors (Lipinski definition) is 3. The Balaban J connectivity index is 1.67. The number of nitrogens with zero attached hydrogens (tertiary/aromatic N) is 1. The normalized spacial score (nSPS) is 15.8. The fourth-order valence-corrected chi connectivity index (χ4v) is 3.14. The first-order valence-corrected chi connectivity index (χ1v) is 8.64. The van der Waals surface area contributed by atoms with Gasteiger partial charge in [-0.1, -0.05) is 42.5 Å². The second kappa shape index (κ2) is 8.01. The van der Waals surface area contributed by atoms with Crippen LogP contribution in [-0.4, -0.2) is 36.9 Å². The topological polar surface area (TPSA) is 32.3 Å². The molecule has 0 atom stereocenters. The number of alkyl halides is 3. The van der Waals surface area contributed by atoms with Gasteiger partial charge in [0, 0.05) is 44.7 Å². The fourth-order valence-electron chi connectivity index (χ4n) is 3.14. The summed E-state index contributed by atoms with van der Waals surface area (Å²) in [6.45, 7) is 4.78. The lowest BCUT2D eigenvalue weighted by Crippen LogP contribution is -2.42. The summed E-state index contributed by atoms with van der Waals surface area (Å²) in [5.74, 6) is -0.521. The van der Waals surface area contributed by atoms with Crippen LogP contribution in [-0.2, 0) is 19.1 Å². The molecule has 1 N–H and O–H groups in total. The Morgan fingerprint density at radius 1 is 0.962 bits per heavy atom. The third-order valence-electron chi connectivity index (χ3n) is 4.54. The Kier molecular flexibility index (Phi) is 5.74. The molecule has 0 spiro atoms. The number of carbonyl (C=O) groups excluding carboxylic acids is 1. The summed E-state index contributed by atoms with van der Waals surface area (Å²) in [6.07, 6.45) is -4.57. The van der Waals surface area contributed by atoms with Crippen LogP contribution >= 0.6 is 0 Å². The zero-order chi connectivity index (χ0) is 18.6. The Bertz CT molecular complexity index is 750. The largest absolute Gasteiger partial charge is 0.417 e. The molecule has 0 radical (unpaired) electrons. The van der Waals surface area contributed by atoms with E-state index in [9.17, 15) is 18.0 Å². The molecule has 2 aromatic rings. The van der Waals surface area contributed by atoms with Crippen LogP contribution in [0.25, 0.3) is 0 Å². The second-order valence-electron chi connectivity index (χ2n) is 6.49. The highest BCUT2D eigenvalue weighted by Gasteiger charge is 2.34. The van der Waals surface area contributed by atoms with Crippen LogP contribution in [0.1, 0.15) is 27.0 Å². The zero-order valence-electron chi connectivity index (χ0n) is 14.4. The van der Waals surface area contributed by atoms with Crippen LogP contribution in [0.3, 0.4) is 0 Å². The molecule has 1 aliphatic rings. The number of halogens is 3. The van der Waals surface area contributed by atoms with Crippen LogP contribution in [0.4, 0.5) is 13.2 Å². The molecule has 2 aromatic carbocycles. The van der Waals surface area contributed by atoms with Crippen molar-refractivity contribution in [3.8, 4) is 0 Å². The maximum atomic E-state index is 13.1. The van der Waals surface area contributed by atoms with Gasteiger partial charge in [0.2, 0.25) is 0 Å². The highest BCUT2D eigenvalue weighted by molar-refractivity contribution is 5.99. The number of hydrogen-bond donors (Lipinski definition) is 1. The summed E-state index contributed by atoms with van der Waals surface area (Å²) < 4.78 is 39.2. The van der Waals surface area contributed by atoms with E-state index in [0.29, 0.717) is 0 Å². The van der Waals surface area contributed by atoms with E-state index in [0.717, 1.165) is 49.9 Å². The zero-order valence-corrected chi connectivity index (χ0v) is 14.4. The summed E-state index contributed by atoms with van der Waals surface area (Å²) in [4.78, 5) is 14.7. The van der Waals surface area contributed by atoms with E-state index in [1.54, 1.807) is 0 Å². The first kappa shape index (κ1) is 18.6. The number of piperazine rings is 1. The van der Waals surface area contributed by atoms with Gasteiger partial charge in [-0.15, -0.1) is 0 Å². The van der Waals surface area contributed by atoms with Gasteiger partial charge in [-0.2, -0.15) is 13.2 Å². The van der Waals surface area contributed by atoms with E-state index in [1.165, 1.54) is 18.2 Å². The van der Waals surface area contributed by atoms with Crippen LogP contribution in [0.5, 0.6) is 0 Å². The second-order valence-corrected chi connectivity index (χ2v) is 6.49. The average molecular weight is 362 g/mol. The quantitative estimate of drug-likeness (QED) is 0.826. The van der Waals surface area contributed by atoms with E-state index >= 15 is 0 Å². The van der Waals surface area contributed by atoms with Crippen molar-refractivity contribution in [3.05, 3.63) is 70.8 Å². The Labute approximate surface area is 150 Å². The molecule has 0 bridgehead atoms. The third-order valence-corrected chi connectivity index (χ3v) is 4.54. The highest BCUT2D eigenvalue weighted by Crippen LogP contribution is 2.32. The molecule has 3 rings (SSSR count). The van der Waals surface area contributed by atoms with Gasteiger partial charge in [0.1, 0.15) is 0 Å². The van der Waals surface area contributed by atoms with Crippen LogP contribution in [0.15, 0.2) is 48.5 Å². The summed E-state index contributed by atoms with van der Waals surface area (Å²) in [6, 6.07) is 12.5. The molecule has 6 heteroatoms. The number of ketones is 1. The van der Waals surface area contributed by atoms with E-state index < -0.39 is 17.5 Å². The van der Waals surface area contributed by atoms with Gasteiger partial charge < -0.3 is 5.32 Å². The summed E-state index contributed by atoms with van der Waals surface area (Å²) in [5.41, 5.74) is 0.708. The monoisotopic (exact) mass is 362 g/mol. The molecule has 26 heavy (non-hydrogen) atoms. The van der Waals surface area contributed by atoms with Crippen molar-refractivity contribution in [2.75, 3.05) is 26.2 Å². The lowest BCUT2D eigenvalue weighted by atomic mass is 9.97. The molecule has 0 aliphatic carbocycles. The lowest BCUT2D eigenvalue weighted by Gasteiger charge is -2.27. The van der Waals surface area contributed by atoms with Gasteiger partial charge in [0.25, 0.3) is 0 Å². The molecule has 1 aliphatic heterocycles. The summed E-state index contributed by atoms with van der Waals surface area (Å²) in [7, 11) is 0. The third kappa shape index (κ3) is 4.71. The number of carbonyl (C=O) groups is 1. The summed E-state index contributed by atoms with van der Waals surface area (Å²) >= 11 is 0. The van der Waals surface area contributed by atoms with Crippen molar-refractivity contribution in [2.24, 2.45) is 0 Å². The molecule has 0 saturated carbocycles. The minimum Gasteiger partial charge on any atom is -0.314 e. The van der Waals surface area contributed by atoms with Gasteiger partial charge >= 0.3 is 6.18 Å². The van der Waals surface area contributed by atoms with Gasteiger partial charge in [-0.25, -0.2) is 0 Å². The molecule has 1 saturated heterocycles. The van der Waals surface area contributed by atoms with Crippen molar-refractivity contribution in [2.45, 2.75) is 19.1 Å². The van der Waals surface area contributed by atoms with Gasteiger partial charge in [0.15, 0.2) is 5.78 Å². The van der Waals surface area contributed by atoms with Crippen LogP contribution < -0.4 is 5.32 Å². The molecule has 0 unspecified atom stereocenters. The Morgan fingerprint density at radius 3 is 2.23 bits per heavy atom. The van der Waals surface area contributed by atoms with E-state index in [4.69, 9.17) is 0 Å². The van der Waals surface area contributed by atoms with Crippen molar-refractivity contribution in [1.82, 2.24) is 10.2 Å². The number of nitrogens with one attached hydrogen (secondary N) is 1. The smallest absolute Gasteiger partial charge is 0.314 e. The van der Waals surface area contributed by atoms with Crippen LogP contribution in [0, 0.1) is 0 Å². The molecule has 3 nitrogen and oxygen atoms in total. The summed E-state index contributed by atoms with van der Waals surface area (Å²) in [5, 5.41) is 3.30. The van der Waals surface area contributed by atoms with E-state index in [-0.39, 0.29) is 12.0 Å². The number of Topliss-reactive ketones (excluding diaryl/α,β-unsaturated/α-hetero) is 1. The fraction of sp³-hybridized carbons (Fsp3) is 0.350. The predicted molar refractivity (Wildman–Crippen MR) is 94.1 cm³/mol. The molecule has 0 aromatic heterocycles. The van der Waals surface area contributed by atoms with Crippen molar-refractivity contribution < 1.29 is 18.0 Å².